The summed E-state index contributed by atoms with van der Waals surface area (Å²) >= 11 is 0. The molecule has 0 aliphatic heterocycles. The zero-order chi connectivity index (χ0) is 20.0. The van der Waals surface area contributed by atoms with E-state index in [1.165, 1.54) is 6.07 Å². The molecule has 1 N–H and O–H groups in total. The molecule has 3 rings (SSSR count). The number of hydrogen-bond acceptors (Lipinski definition) is 6. The van der Waals surface area contributed by atoms with Gasteiger partial charge in [-0.2, -0.15) is 0 Å². The Labute approximate surface area is 163 Å². The van der Waals surface area contributed by atoms with Gasteiger partial charge in [0, 0.05) is 11.3 Å². The average Bonchev–Trinajstić information content (AvgIpc) is 2.74. The minimum Gasteiger partial charge on any atom is -0.484 e. The van der Waals surface area contributed by atoms with Crippen LogP contribution in [-0.4, -0.2) is 36.9 Å². The Kier molecular flexibility index (Phi) is 6.00. The van der Waals surface area contributed by atoms with Crippen molar-refractivity contribution in [2.75, 3.05) is 17.7 Å². The molecule has 28 heavy (non-hydrogen) atoms. The zero-order valence-electron chi connectivity index (χ0n) is 15.2. The number of para-hydroxylation sites is 1. The largest absolute Gasteiger partial charge is 0.484 e. The van der Waals surface area contributed by atoms with E-state index in [1.54, 1.807) is 49.4 Å². The Morgan fingerprint density at radius 2 is 1.68 bits per heavy atom. The Hall–Kier alpha value is -3.26. The summed E-state index contributed by atoms with van der Waals surface area (Å²) < 4.78 is 29.0. The molecule has 0 saturated carbocycles. The van der Waals surface area contributed by atoms with Gasteiger partial charge in [0.15, 0.2) is 21.5 Å². The molecule has 1 heterocycles. The lowest BCUT2D eigenvalue weighted by molar-refractivity contribution is -0.118. The topological polar surface area (TPSA) is 98.2 Å². The van der Waals surface area contributed by atoms with Crippen molar-refractivity contribution in [3.8, 4) is 17.0 Å². The molecule has 3 aromatic rings. The van der Waals surface area contributed by atoms with Crippen molar-refractivity contribution in [1.29, 1.82) is 0 Å². The molecule has 7 nitrogen and oxygen atoms in total. The summed E-state index contributed by atoms with van der Waals surface area (Å²) in [5.74, 6) is 0.328. The Morgan fingerprint density at radius 1 is 0.964 bits per heavy atom. The van der Waals surface area contributed by atoms with Crippen LogP contribution in [0.1, 0.15) is 6.92 Å². The van der Waals surface area contributed by atoms with Crippen molar-refractivity contribution >= 4 is 21.4 Å². The van der Waals surface area contributed by atoms with E-state index in [4.69, 9.17) is 4.74 Å². The molecular weight excluding hydrogens is 378 g/mol. The van der Waals surface area contributed by atoms with Gasteiger partial charge in [-0.05, 0) is 36.4 Å². The molecular formula is C20H19N3O4S. The highest BCUT2D eigenvalue weighted by molar-refractivity contribution is 7.91. The lowest BCUT2D eigenvalue weighted by Crippen LogP contribution is -2.20. The highest BCUT2D eigenvalue weighted by Gasteiger charge is 2.14. The number of hydrogen-bond donors (Lipinski definition) is 1. The molecule has 8 heteroatoms. The number of carbonyl (C=O) groups excluding carboxylic acids is 1. The van der Waals surface area contributed by atoms with Gasteiger partial charge in [-0.15, -0.1) is 10.2 Å². The molecule has 0 aliphatic rings. The second kappa shape index (κ2) is 8.62. The van der Waals surface area contributed by atoms with Crippen molar-refractivity contribution < 1.29 is 17.9 Å². The number of aromatic nitrogens is 2. The van der Waals surface area contributed by atoms with E-state index < -0.39 is 9.84 Å². The number of rotatable bonds is 7. The smallest absolute Gasteiger partial charge is 0.262 e. The van der Waals surface area contributed by atoms with Crippen molar-refractivity contribution in [3.05, 3.63) is 66.7 Å². The molecule has 144 valence electrons. The van der Waals surface area contributed by atoms with Crippen LogP contribution in [0.15, 0.2) is 71.8 Å². The number of amides is 1. The third-order valence-corrected chi connectivity index (χ3v) is 5.53. The fourth-order valence-corrected chi connectivity index (χ4v) is 3.11. The summed E-state index contributed by atoms with van der Waals surface area (Å²) in [6, 6.07) is 19.1. The number of anilines is 1. The second-order valence-electron chi connectivity index (χ2n) is 5.89. The van der Waals surface area contributed by atoms with Crippen molar-refractivity contribution in [2.45, 2.75) is 11.9 Å². The summed E-state index contributed by atoms with van der Waals surface area (Å²) in [4.78, 5) is 12.0. The molecule has 0 radical (unpaired) electrons. The van der Waals surface area contributed by atoms with Gasteiger partial charge in [0.2, 0.25) is 0 Å². The first-order valence-electron chi connectivity index (χ1n) is 8.62. The first-order chi connectivity index (χ1) is 13.5. The minimum atomic E-state index is -3.38. The maximum absolute atomic E-state index is 12.0. The number of nitrogens with zero attached hydrogens (tertiary/aromatic N) is 2. The second-order valence-corrected chi connectivity index (χ2v) is 8.11. The van der Waals surface area contributed by atoms with Crippen LogP contribution in [0.25, 0.3) is 11.3 Å². The first kappa shape index (κ1) is 19.5. The molecule has 0 fully saturated rings. The van der Waals surface area contributed by atoms with Crippen LogP contribution >= 0.6 is 0 Å². The van der Waals surface area contributed by atoms with Crippen LogP contribution < -0.4 is 10.1 Å². The van der Waals surface area contributed by atoms with Gasteiger partial charge in [0.25, 0.3) is 5.91 Å². The summed E-state index contributed by atoms with van der Waals surface area (Å²) in [6.07, 6.45) is 0. The Morgan fingerprint density at radius 3 is 2.29 bits per heavy atom. The van der Waals surface area contributed by atoms with Crippen molar-refractivity contribution in [3.63, 3.8) is 0 Å². The van der Waals surface area contributed by atoms with Gasteiger partial charge in [0.05, 0.1) is 11.4 Å². The normalized spacial score (nSPS) is 11.0. The number of ether oxygens (including phenoxy) is 1. The van der Waals surface area contributed by atoms with E-state index >= 15 is 0 Å². The standard InChI is InChI=1S/C20H19N3O4S/c1-2-28(25,26)20-13-12-18(22-23-20)15-8-10-16(11-9-15)21-19(24)14-27-17-6-4-3-5-7-17/h3-13H,2,14H2,1H3,(H,21,24). The predicted molar refractivity (Wildman–Crippen MR) is 106 cm³/mol. The fraction of sp³-hybridized carbons (Fsp3) is 0.150. The monoisotopic (exact) mass is 397 g/mol. The van der Waals surface area contributed by atoms with E-state index in [2.05, 4.69) is 15.5 Å². The summed E-state index contributed by atoms with van der Waals surface area (Å²) in [5, 5.41) is 10.5. The van der Waals surface area contributed by atoms with Crippen LogP contribution in [0.2, 0.25) is 0 Å². The fourth-order valence-electron chi connectivity index (χ4n) is 2.37. The van der Waals surface area contributed by atoms with Crippen LogP contribution in [0.4, 0.5) is 5.69 Å². The third kappa shape index (κ3) is 4.92. The number of carbonyl (C=O) groups is 1. The van der Waals surface area contributed by atoms with E-state index in [1.807, 2.05) is 18.2 Å². The summed E-state index contributed by atoms with van der Waals surface area (Å²) in [7, 11) is -3.38. The van der Waals surface area contributed by atoms with Crippen LogP contribution in [-0.2, 0) is 14.6 Å². The van der Waals surface area contributed by atoms with E-state index in [0.717, 1.165) is 5.56 Å². The molecule has 0 saturated heterocycles. The number of sulfone groups is 1. The van der Waals surface area contributed by atoms with Crippen LogP contribution in [0.5, 0.6) is 5.75 Å². The minimum absolute atomic E-state index is 0.0244. The average molecular weight is 397 g/mol. The van der Waals surface area contributed by atoms with Gasteiger partial charge < -0.3 is 10.1 Å². The van der Waals surface area contributed by atoms with Gasteiger partial charge in [-0.1, -0.05) is 37.3 Å². The lowest BCUT2D eigenvalue weighted by Gasteiger charge is -2.08. The Balaban J connectivity index is 1.61. The molecule has 0 bridgehead atoms. The molecule has 0 unspecified atom stereocenters. The highest BCUT2D eigenvalue weighted by Crippen LogP contribution is 2.20. The molecule has 0 aliphatic carbocycles. The molecule has 1 aromatic heterocycles. The Bertz CT molecular complexity index is 1040. The maximum Gasteiger partial charge on any atom is 0.262 e. The van der Waals surface area contributed by atoms with E-state index in [0.29, 0.717) is 17.1 Å². The van der Waals surface area contributed by atoms with Crippen LogP contribution in [0.3, 0.4) is 0 Å². The van der Waals surface area contributed by atoms with Gasteiger partial charge >= 0.3 is 0 Å². The quantitative estimate of drug-likeness (QED) is 0.658. The van der Waals surface area contributed by atoms with Gasteiger partial charge in [-0.25, -0.2) is 8.42 Å². The maximum atomic E-state index is 12.0. The summed E-state index contributed by atoms with van der Waals surface area (Å²) in [5.41, 5.74) is 1.91. The first-order valence-corrected chi connectivity index (χ1v) is 10.3. The number of nitrogens with one attached hydrogen (secondary N) is 1. The lowest BCUT2D eigenvalue weighted by atomic mass is 10.1. The SMILES string of the molecule is CCS(=O)(=O)c1ccc(-c2ccc(NC(=O)COc3ccccc3)cc2)nn1. The van der Waals surface area contributed by atoms with Crippen LogP contribution in [0, 0.1) is 0 Å². The zero-order valence-corrected chi connectivity index (χ0v) is 16.0. The predicted octanol–water partition coefficient (Wildman–Crippen LogP) is 2.95. The van der Waals surface area contributed by atoms with Crippen molar-refractivity contribution in [1.82, 2.24) is 10.2 Å². The van der Waals surface area contributed by atoms with Crippen molar-refractivity contribution in [2.24, 2.45) is 0 Å². The third-order valence-electron chi connectivity index (χ3n) is 3.92. The number of benzene rings is 2. The van der Waals surface area contributed by atoms with E-state index in [9.17, 15) is 13.2 Å². The summed E-state index contributed by atoms with van der Waals surface area (Å²) in [6.45, 7) is 1.47. The molecule has 1 amide bonds. The van der Waals surface area contributed by atoms with Gasteiger partial charge in [0.1, 0.15) is 5.75 Å². The molecule has 0 atom stereocenters. The molecule has 0 spiro atoms. The van der Waals surface area contributed by atoms with E-state index in [-0.39, 0.29) is 23.3 Å². The van der Waals surface area contributed by atoms with Gasteiger partial charge in [-0.3, -0.25) is 4.79 Å². The molecule has 2 aromatic carbocycles. The highest BCUT2D eigenvalue weighted by atomic mass is 32.2.